The molecule has 1 aliphatic heterocycles. The van der Waals surface area contributed by atoms with Crippen molar-refractivity contribution in [2.45, 2.75) is 19.0 Å². The molecule has 0 unspecified atom stereocenters. The first kappa shape index (κ1) is 18.1. The summed E-state index contributed by atoms with van der Waals surface area (Å²) < 4.78 is 6.45. The minimum Gasteiger partial charge on any atom is -0.507 e. The molecular weight excluding hydrogens is 380 g/mol. The quantitative estimate of drug-likeness (QED) is 0.753. The Morgan fingerprint density at radius 3 is 2.60 bits per heavy atom. The molecule has 132 valence electrons. The third-order valence-corrected chi connectivity index (χ3v) is 5.15. The average molecular weight is 404 g/mol. The number of nitrogens with zero attached hydrogens (tertiary/aromatic N) is 1. The van der Waals surface area contributed by atoms with Crippen molar-refractivity contribution in [2.75, 3.05) is 26.3 Å². The molecule has 1 aliphatic rings. The third kappa shape index (κ3) is 4.69. The van der Waals surface area contributed by atoms with E-state index in [1.54, 1.807) is 12.3 Å². The van der Waals surface area contributed by atoms with Crippen molar-refractivity contribution in [3.05, 3.63) is 64.1 Å². The van der Waals surface area contributed by atoms with Crippen LogP contribution in [0.2, 0.25) is 0 Å². The highest BCUT2D eigenvalue weighted by Gasteiger charge is 2.30. The topological polar surface area (TPSA) is 46.3 Å². The lowest BCUT2D eigenvalue weighted by Crippen LogP contribution is -3.15. The van der Waals surface area contributed by atoms with Gasteiger partial charge in [0.05, 0.1) is 13.2 Å². The van der Waals surface area contributed by atoms with Crippen molar-refractivity contribution in [3.63, 3.8) is 0 Å². The third-order valence-electron chi connectivity index (χ3n) is 4.65. The Labute approximate surface area is 157 Å². The molecule has 0 amide bonds. The molecule has 3 rings (SSSR count). The zero-order valence-corrected chi connectivity index (χ0v) is 15.9. The van der Waals surface area contributed by atoms with E-state index in [9.17, 15) is 5.11 Å². The van der Waals surface area contributed by atoms with Crippen LogP contribution in [0.1, 0.15) is 24.1 Å². The van der Waals surface area contributed by atoms with Gasteiger partial charge >= 0.3 is 0 Å². The van der Waals surface area contributed by atoms with Crippen LogP contribution in [-0.2, 0) is 4.74 Å². The highest BCUT2D eigenvalue weighted by atomic mass is 79.9. The molecule has 0 aliphatic carbocycles. The summed E-state index contributed by atoms with van der Waals surface area (Å²) in [7, 11) is 0. The van der Waals surface area contributed by atoms with Crippen LogP contribution in [0.4, 0.5) is 0 Å². The lowest BCUT2D eigenvalue weighted by atomic mass is 9.98. The second kappa shape index (κ2) is 8.61. The van der Waals surface area contributed by atoms with E-state index in [1.165, 1.54) is 10.5 Å². The Balaban J connectivity index is 1.84. The smallest absolute Gasteiger partial charge is 0.136 e. The zero-order valence-electron chi connectivity index (χ0n) is 14.4. The summed E-state index contributed by atoms with van der Waals surface area (Å²) in [5, 5.41) is 10.0. The molecule has 25 heavy (non-hydrogen) atoms. The number of hydrogen-bond acceptors (Lipinski definition) is 3. The maximum absolute atomic E-state index is 10.0. The number of phenolic OH excluding ortho intramolecular Hbond substituents is 1. The molecule has 1 saturated heterocycles. The van der Waals surface area contributed by atoms with Crippen LogP contribution in [0.3, 0.4) is 0 Å². The lowest BCUT2D eigenvalue weighted by molar-refractivity contribution is -0.940. The molecule has 2 aromatic rings. The van der Waals surface area contributed by atoms with E-state index < -0.39 is 0 Å². The molecule has 2 atom stereocenters. The molecule has 4 nitrogen and oxygen atoms in total. The van der Waals surface area contributed by atoms with E-state index in [-0.39, 0.29) is 17.8 Å². The van der Waals surface area contributed by atoms with Crippen molar-refractivity contribution in [1.29, 1.82) is 0 Å². The number of aromatic hydroxyl groups is 1. The van der Waals surface area contributed by atoms with Crippen LogP contribution < -0.4 is 4.90 Å². The molecule has 0 aromatic heterocycles. The fourth-order valence-electron chi connectivity index (χ4n) is 3.37. The molecule has 2 aromatic carbocycles. The van der Waals surface area contributed by atoms with Gasteiger partial charge in [-0.25, -0.2) is 0 Å². The Bertz CT molecular complexity index is 715. The van der Waals surface area contributed by atoms with Gasteiger partial charge in [0, 0.05) is 21.8 Å². The Kier molecular flexibility index (Phi) is 6.24. The number of ether oxygens (including phenoxy) is 1. The molecule has 5 heteroatoms. The zero-order chi connectivity index (χ0) is 17.6. The SMILES string of the molecule is C[C@H](N=Cc1cc(Br)ccc1O)[C@H](c1ccccc1)[NH+]1CCOCC1. The predicted molar refractivity (Wildman–Crippen MR) is 104 cm³/mol. The number of quaternary nitrogens is 1. The number of rotatable bonds is 5. The van der Waals surface area contributed by atoms with Crippen molar-refractivity contribution < 1.29 is 14.7 Å². The van der Waals surface area contributed by atoms with E-state index in [0.717, 1.165) is 36.3 Å². The monoisotopic (exact) mass is 403 g/mol. The molecule has 0 radical (unpaired) electrons. The minimum absolute atomic E-state index is 0.0916. The van der Waals surface area contributed by atoms with Crippen LogP contribution in [0.5, 0.6) is 5.75 Å². The highest BCUT2D eigenvalue weighted by molar-refractivity contribution is 9.10. The van der Waals surface area contributed by atoms with E-state index in [2.05, 4.69) is 47.1 Å². The van der Waals surface area contributed by atoms with Crippen LogP contribution in [0.15, 0.2) is 58.0 Å². The van der Waals surface area contributed by atoms with Crippen LogP contribution in [0.25, 0.3) is 0 Å². The van der Waals surface area contributed by atoms with E-state index in [0.29, 0.717) is 0 Å². The number of phenols is 1. The van der Waals surface area contributed by atoms with Gasteiger partial charge in [-0.15, -0.1) is 0 Å². The largest absolute Gasteiger partial charge is 0.507 e. The predicted octanol–water partition coefficient (Wildman–Crippen LogP) is 2.62. The lowest BCUT2D eigenvalue weighted by Gasteiger charge is -2.33. The first-order valence-electron chi connectivity index (χ1n) is 8.64. The highest BCUT2D eigenvalue weighted by Crippen LogP contribution is 2.21. The number of morpholine rings is 1. The van der Waals surface area contributed by atoms with Gasteiger partial charge < -0.3 is 14.7 Å². The average Bonchev–Trinajstić information content (AvgIpc) is 2.64. The van der Waals surface area contributed by atoms with E-state index in [4.69, 9.17) is 9.73 Å². The van der Waals surface area contributed by atoms with Gasteiger partial charge in [0.2, 0.25) is 0 Å². The molecule has 0 spiro atoms. The van der Waals surface area contributed by atoms with Gasteiger partial charge in [-0.1, -0.05) is 46.3 Å². The summed E-state index contributed by atoms with van der Waals surface area (Å²) in [6.45, 7) is 5.71. The second-order valence-corrected chi connectivity index (χ2v) is 7.30. The summed E-state index contributed by atoms with van der Waals surface area (Å²) in [4.78, 5) is 6.28. The first-order valence-corrected chi connectivity index (χ1v) is 9.43. The number of nitrogens with one attached hydrogen (secondary N) is 1. The van der Waals surface area contributed by atoms with Gasteiger partial charge in [0.25, 0.3) is 0 Å². The van der Waals surface area contributed by atoms with E-state index >= 15 is 0 Å². The molecule has 0 saturated carbocycles. The molecule has 2 N–H and O–H groups in total. The fourth-order valence-corrected chi connectivity index (χ4v) is 3.75. The van der Waals surface area contributed by atoms with Crippen molar-refractivity contribution in [1.82, 2.24) is 0 Å². The number of aliphatic imine (C=N–C) groups is 1. The summed E-state index contributed by atoms with van der Waals surface area (Å²) in [5.74, 6) is 0.245. The van der Waals surface area contributed by atoms with Gasteiger partial charge in [0.1, 0.15) is 30.9 Å². The number of benzene rings is 2. The van der Waals surface area contributed by atoms with Crippen molar-refractivity contribution in [3.8, 4) is 5.75 Å². The number of halogens is 1. The first-order chi connectivity index (χ1) is 12.1. The van der Waals surface area contributed by atoms with Crippen molar-refractivity contribution >= 4 is 22.1 Å². The Hall–Kier alpha value is -1.69. The maximum atomic E-state index is 10.0. The molecule has 1 fully saturated rings. The standard InChI is InChI=1S/C20H23BrN2O2/c1-15(22-14-17-13-18(21)7-8-19(17)24)20(16-5-3-2-4-6-16)23-9-11-25-12-10-23/h2-8,13-15,20,24H,9-12H2,1H3/p+1/t15-,20+/m0/s1. The maximum Gasteiger partial charge on any atom is 0.136 e. The van der Waals surface area contributed by atoms with Gasteiger partial charge in [-0.2, -0.15) is 0 Å². The van der Waals surface area contributed by atoms with Gasteiger partial charge in [-0.05, 0) is 25.1 Å². The molecule has 1 heterocycles. The van der Waals surface area contributed by atoms with Crippen LogP contribution >= 0.6 is 15.9 Å². The summed E-state index contributed by atoms with van der Waals surface area (Å²) in [5.41, 5.74) is 2.02. The summed E-state index contributed by atoms with van der Waals surface area (Å²) >= 11 is 3.44. The van der Waals surface area contributed by atoms with Gasteiger partial charge in [-0.3, -0.25) is 4.99 Å². The van der Waals surface area contributed by atoms with Crippen molar-refractivity contribution in [2.24, 2.45) is 4.99 Å². The second-order valence-electron chi connectivity index (χ2n) is 6.38. The fraction of sp³-hybridized carbons (Fsp3) is 0.350. The number of hydrogen-bond donors (Lipinski definition) is 2. The molecular formula is C20H24BrN2O2+. The Morgan fingerprint density at radius 1 is 1.16 bits per heavy atom. The van der Waals surface area contributed by atoms with Crippen LogP contribution in [0, 0.1) is 0 Å². The van der Waals surface area contributed by atoms with E-state index in [1.807, 2.05) is 18.2 Å². The molecule has 0 bridgehead atoms. The van der Waals surface area contributed by atoms with Crippen LogP contribution in [-0.4, -0.2) is 43.7 Å². The summed E-state index contributed by atoms with van der Waals surface area (Å²) in [6.07, 6.45) is 1.78. The minimum atomic E-state index is 0.0916. The van der Waals surface area contributed by atoms with Gasteiger partial charge in [0.15, 0.2) is 0 Å². The Morgan fingerprint density at radius 2 is 1.88 bits per heavy atom. The summed E-state index contributed by atoms with van der Waals surface area (Å²) in [6, 6.07) is 16.3. The normalized spacial score (nSPS) is 18.3.